The van der Waals surface area contributed by atoms with E-state index in [0.29, 0.717) is 11.5 Å². The molecule has 1 heterocycles. The maximum Gasteiger partial charge on any atom is 0.0576 e. The Bertz CT molecular complexity index is 199. The van der Waals surface area contributed by atoms with E-state index in [9.17, 15) is 0 Å². The molecule has 0 radical (unpaired) electrons. The third kappa shape index (κ3) is 3.96. The highest BCUT2D eigenvalue weighted by atomic mass is 16.5. The maximum atomic E-state index is 5.72. The summed E-state index contributed by atoms with van der Waals surface area (Å²) in [6.07, 6.45) is 14.5. The Kier molecular flexibility index (Phi) is 5.30. The maximum absolute atomic E-state index is 5.72. The molecule has 0 aromatic carbocycles. The molecule has 1 aliphatic heterocycles. The van der Waals surface area contributed by atoms with Crippen molar-refractivity contribution in [1.29, 1.82) is 0 Å². The van der Waals surface area contributed by atoms with Gasteiger partial charge in [-0.25, -0.2) is 0 Å². The zero-order valence-corrected chi connectivity index (χ0v) is 11.5. The molecule has 2 nitrogen and oxygen atoms in total. The van der Waals surface area contributed by atoms with Crippen LogP contribution in [0.1, 0.15) is 64.2 Å². The summed E-state index contributed by atoms with van der Waals surface area (Å²) in [5, 5.41) is 3.43. The summed E-state index contributed by atoms with van der Waals surface area (Å²) in [4.78, 5) is 0. The quantitative estimate of drug-likeness (QED) is 0.766. The van der Waals surface area contributed by atoms with Gasteiger partial charge in [0.1, 0.15) is 0 Å². The third-order valence-electron chi connectivity index (χ3n) is 4.72. The number of nitrogens with one attached hydrogen (secondary N) is 1. The summed E-state index contributed by atoms with van der Waals surface area (Å²) in [7, 11) is 2.11. The first-order valence-corrected chi connectivity index (χ1v) is 7.61. The molecule has 2 heteroatoms. The van der Waals surface area contributed by atoms with Gasteiger partial charge in [0.25, 0.3) is 0 Å². The first kappa shape index (κ1) is 13.4. The average molecular weight is 239 g/mol. The molecule has 1 N–H and O–H groups in total. The van der Waals surface area contributed by atoms with Crippen LogP contribution in [0.2, 0.25) is 0 Å². The van der Waals surface area contributed by atoms with Gasteiger partial charge in [-0.3, -0.25) is 0 Å². The second kappa shape index (κ2) is 6.75. The Labute approximate surface area is 107 Å². The first-order chi connectivity index (χ1) is 8.35. The van der Waals surface area contributed by atoms with Crippen molar-refractivity contribution in [3.05, 3.63) is 0 Å². The van der Waals surface area contributed by atoms with Crippen LogP contribution in [0.25, 0.3) is 0 Å². The minimum atomic E-state index is 0.588. The zero-order valence-electron chi connectivity index (χ0n) is 11.5. The molecule has 1 unspecified atom stereocenters. The van der Waals surface area contributed by atoms with Crippen LogP contribution < -0.4 is 5.32 Å². The smallest absolute Gasteiger partial charge is 0.0576 e. The second-order valence-corrected chi connectivity index (χ2v) is 6.12. The van der Waals surface area contributed by atoms with Gasteiger partial charge < -0.3 is 10.1 Å². The van der Waals surface area contributed by atoms with Crippen molar-refractivity contribution in [2.24, 2.45) is 5.41 Å². The zero-order chi connectivity index (χ0) is 12.0. The first-order valence-electron chi connectivity index (χ1n) is 7.61. The van der Waals surface area contributed by atoms with Crippen molar-refractivity contribution in [3.63, 3.8) is 0 Å². The highest BCUT2D eigenvalue weighted by Crippen LogP contribution is 2.40. The normalized spacial score (nSPS) is 28.4. The average Bonchev–Trinajstić information content (AvgIpc) is 2.84. The molecule has 0 bridgehead atoms. The van der Waals surface area contributed by atoms with E-state index in [4.69, 9.17) is 4.74 Å². The molecule has 17 heavy (non-hydrogen) atoms. The van der Waals surface area contributed by atoms with Crippen LogP contribution in [-0.2, 0) is 4.74 Å². The van der Waals surface area contributed by atoms with E-state index in [1.807, 2.05) is 0 Å². The van der Waals surface area contributed by atoms with Crippen molar-refractivity contribution in [3.8, 4) is 0 Å². The highest BCUT2D eigenvalue weighted by molar-refractivity contribution is 4.84. The SMILES string of the molecule is CNCC1(CCCC2CCCO2)CCCCC1. The standard InChI is InChI=1S/C15H29NO/c1-16-13-15(9-3-2-4-10-15)11-5-7-14-8-6-12-17-14/h14,16H,2-13H2,1H3. The number of hydrogen-bond donors (Lipinski definition) is 1. The fourth-order valence-electron chi connectivity index (χ4n) is 3.77. The Hall–Kier alpha value is -0.0800. The van der Waals surface area contributed by atoms with Gasteiger partial charge in [0.2, 0.25) is 0 Å². The van der Waals surface area contributed by atoms with Gasteiger partial charge in [-0.15, -0.1) is 0 Å². The molecule has 100 valence electrons. The molecule has 0 aromatic rings. The lowest BCUT2D eigenvalue weighted by Gasteiger charge is -2.37. The van der Waals surface area contributed by atoms with Crippen LogP contribution in [0.3, 0.4) is 0 Å². The minimum Gasteiger partial charge on any atom is -0.378 e. The molecule has 2 aliphatic rings. The van der Waals surface area contributed by atoms with Crippen LogP contribution in [0.5, 0.6) is 0 Å². The predicted molar refractivity (Wildman–Crippen MR) is 72.3 cm³/mol. The van der Waals surface area contributed by atoms with Crippen LogP contribution in [0, 0.1) is 5.41 Å². The van der Waals surface area contributed by atoms with Gasteiger partial charge in [0.15, 0.2) is 0 Å². The summed E-state index contributed by atoms with van der Waals surface area (Å²) in [6, 6.07) is 0. The molecule has 0 spiro atoms. The largest absolute Gasteiger partial charge is 0.378 e. The van der Waals surface area contributed by atoms with Gasteiger partial charge >= 0.3 is 0 Å². The van der Waals surface area contributed by atoms with Crippen molar-refractivity contribution in [1.82, 2.24) is 5.32 Å². The Morgan fingerprint density at radius 2 is 2.00 bits per heavy atom. The van der Waals surface area contributed by atoms with Gasteiger partial charge in [-0.2, -0.15) is 0 Å². The minimum absolute atomic E-state index is 0.588. The van der Waals surface area contributed by atoms with E-state index in [1.54, 1.807) is 0 Å². The lowest BCUT2D eigenvalue weighted by molar-refractivity contribution is 0.0925. The lowest BCUT2D eigenvalue weighted by Crippen LogP contribution is -2.34. The molecule has 1 saturated carbocycles. The second-order valence-electron chi connectivity index (χ2n) is 6.12. The van der Waals surface area contributed by atoms with Crippen LogP contribution in [-0.4, -0.2) is 26.3 Å². The molecule has 1 atom stereocenters. The van der Waals surface area contributed by atoms with Crippen molar-refractivity contribution < 1.29 is 4.74 Å². The predicted octanol–water partition coefficient (Wildman–Crippen LogP) is 3.51. The third-order valence-corrected chi connectivity index (χ3v) is 4.72. The van der Waals surface area contributed by atoms with Crippen molar-refractivity contribution in [2.45, 2.75) is 70.3 Å². The summed E-state index contributed by atoms with van der Waals surface area (Å²) in [5.74, 6) is 0. The number of ether oxygens (including phenoxy) is 1. The lowest BCUT2D eigenvalue weighted by atomic mass is 9.70. The topological polar surface area (TPSA) is 21.3 Å². The summed E-state index contributed by atoms with van der Waals surface area (Å²) in [6.45, 7) is 2.23. The molecular weight excluding hydrogens is 210 g/mol. The van der Waals surface area contributed by atoms with Crippen LogP contribution in [0.4, 0.5) is 0 Å². The summed E-state index contributed by atoms with van der Waals surface area (Å²) in [5.41, 5.74) is 0.617. The van der Waals surface area contributed by atoms with E-state index in [2.05, 4.69) is 12.4 Å². The van der Waals surface area contributed by atoms with E-state index in [1.165, 1.54) is 70.8 Å². The van der Waals surface area contributed by atoms with E-state index in [0.717, 1.165) is 6.61 Å². The monoisotopic (exact) mass is 239 g/mol. The van der Waals surface area contributed by atoms with Crippen LogP contribution in [0.15, 0.2) is 0 Å². The van der Waals surface area contributed by atoms with E-state index < -0.39 is 0 Å². The van der Waals surface area contributed by atoms with Gasteiger partial charge in [-0.1, -0.05) is 25.7 Å². The fraction of sp³-hybridized carbons (Fsp3) is 1.00. The number of hydrogen-bond acceptors (Lipinski definition) is 2. The van der Waals surface area contributed by atoms with Gasteiger partial charge in [0, 0.05) is 13.2 Å². The van der Waals surface area contributed by atoms with E-state index in [-0.39, 0.29) is 0 Å². The number of rotatable bonds is 6. The van der Waals surface area contributed by atoms with Gasteiger partial charge in [-0.05, 0) is 51.0 Å². The van der Waals surface area contributed by atoms with Crippen LogP contribution >= 0.6 is 0 Å². The van der Waals surface area contributed by atoms with Crippen molar-refractivity contribution in [2.75, 3.05) is 20.2 Å². The molecule has 2 fully saturated rings. The summed E-state index contributed by atoms with van der Waals surface area (Å²) >= 11 is 0. The molecule has 0 amide bonds. The Morgan fingerprint density at radius 1 is 1.18 bits per heavy atom. The summed E-state index contributed by atoms with van der Waals surface area (Å²) < 4.78 is 5.72. The molecule has 1 saturated heterocycles. The van der Waals surface area contributed by atoms with E-state index >= 15 is 0 Å². The Balaban J connectivity index is 1.72. The molecular formula is C15H29NO. The Morgan fingerprint density at radius 3 is 2.65 bits per heavy atom. The van der Waals surface area contributed by atoms with Crippen molar-refractivity contribution >= 4 is 0 Å². The molecule has 1 aliphatic carbocycles. The fourth-order valence-corrected chi connectivity index (χ4v) is 3.77. The van der Waals surface area contributed by atoms with Gasteiger partial charge in [0.05, 0.1) is 6.10 Å². The molecule has 0 aromatic heterocycles. The highest BCUT2D eigenvalue weighted by Gasteiger charge is 2.31. The molecule has 2 rings (SSSR count).